The summed E-state index contributed by atoms with van der Waals surface area (Å²) >= 11 is 0. The number of nitrogens with two attached hydrogens (primary N) is 1. The molecule has 0 bridgehead atoms. The van der Waals surface area contributed by atoms with Gasteiger partial charge in [-0.3, -0.25) is 15.4 Å². The first-order valence-electron chi connectivity index (χ1n) is 29.5. The fourth-order valence-corrected chi connectivity index (χ4v) is 11.8. The van der Waals surface area contributed by atoms with Crippen molar-refractivity contribution in [3.8, 4) is 11.5 Å². The van der Waals surface area contributed by atoms with Gasteiger partial charge in [0.25, 0.3) is 15.9 Å². The lowest BCUT2D eigenvalue weighted by molar-refractivity contribution is 0.0695. The second-order valence-electron chi connectivity index (χ2n) is 20.1. The first kappa shape index (κ1) is 52.4. The lowest BCUT2D eigenvalue weighted by atomic mass is 10.0. The zero-order chi connectivity index (χ0) is 64.6. The fraction of sp³-hybridized carbons (Fsp3) is 0.290. The number of carboxylic acids is 1. The van der Waals surface area contributed by atoms with E-state index in [0.717, 1.165) is 101 Å². The van der Waals surface area contributed by atoms with Crippen LogP contribution in [0, 0.1) is 13.7 Å². The minimum absolute atomic E-state index is 0.0113. The number of ether oxygens (including phenoxy) is 4. The molecule has 2 aliphatic carbocycles. The second-order valence-corrected chi connectivity index (χ2v) is 23.2. The van der Waals surface area contributed by atoms with E-state index in [1.54, 1.807) is 18.2 Å². The predicted octanol–water partition coefficient (Wildman–Crippen LogP) is 11.3. The van der Waals surface area contributed by atoms with Crippen LogP contribution in [0.3, 0.4) is 0 Å². The van der Waals surface area contributed by atoms with E-state index < -0.39 is 62.7 Å². The molecule has 2 aliphatic rings. The first-order valence-corrected chi connectivity index (χ1v) is 29.5. The highest BCUT2D eigenvalue weighted by Crippen LogP contribution is 2.33. The Morgan fingerprint density at radius 3 is 1.46 bits per heavy atom. The van der Waals surface area contributed by atoms with Crippen LogP contribution in [0.5, 0.6) is 11.5 Å². The van der Waals surface area contributed by atoms with Crippen LogP contribution < -0.4 is 30.0 Å². The molecule has 0 unspecified atom stereocenters. The van der Waals surface area contributed by atoms with E-state index in [1.807, 2.05) is 76.7 Å². The number of nitrogens with one attached hydrogen (secondary N) is 3. The van der Waals surface area contributed by atoms with Gasteiger partial charge in [-0.15, -0.1) is 0 Å². The van der Waals surface area contributed by atoms with Crippen molar-refractivity contribution in [3.63, 3.8) is 0 Å². The normalized spacial score (nSPS) is 14.9. The zero-order valence-electron chi connectivity index (χ0n) is 52.1. The number of hydrogen-bond acceptors (Lipinski definition) is 12. The number of hydrogen-bond donors (Lipinski definition) is 5. The highest BCUT2D eigenvalue weighted by Gasteiger charge is 2.24. The Labute approximate surface area is 491 Å². The standard InChI is InChI=1S/C31H33N3O6S.C24H26N2O5.C7H9NO2S/c1-20-8-4-7-11-29(20)41(37,38)33-30(35)22-13-12-21(28(17-22)39-3)16-23-19-34(2)27-15-14-24(18-26(23)27)32-31(36)40-25-9-5-6-10-25;1-26-14-17(11-15-7-8-16(23(27)28)12-22(15)30-2)20-13-18(9-10-21(20)26)25-24(29)31-19-5-3-4-6-19;1-6-4-2-3-5-7(6)11(8,9)10/h4,7-8,11-15,17-19,25H,5-6,9-10,16H2,1-3H3,(H,32,36)(H,33,35);7-10,12-14,19H,3-6,11H2,1-2H3,(H,25,29)(H,27,28);2-5H,1H3,(H2,8,9,10)/i1D3;;1D3. The molecule has 0 spiro atoms. The first-order chi connectivity index (χ1) is 42.0. The Morgan fingerprint density at radius 2 is 1.02 bits per heavy atom. The van der Waals surface area contributed by atoms with Gasteiger partial charge in [-0.25, -0.2) is 41.1 Å². The van der Waals surface area contributed by atoms with Crippen molar-refractivity contribution >= 4 is 77.3 Å². The number of anilines is 2. The number of aromatic nitrogens is 2. The van der Waals surface area contributed by atoms with Gasteiger partial charge in [0.05, 0.1) is 29.6 Å². The van der Waals surface area contributed by atoms with E-state index >= 15 is 0 Å². The third kappa shape index (κ3) is 15.3. The summed E-state index contributed by atoms with van der Waals surface area (Å²) in [4.78, 5) is 48.1. The van der Waals surface area contributed by atoms with Crippen molar-refractivity contribution in [1.29, 1.82) is 0 Å². The molecule has 8 aromatic rings. The summed E-state index contributed by atoms with van der Waals surface area (Å²) in [6, 6.07) is 31.3. The number of sulfonamides is 2. The number of methoxy groups -OCH3 is 2. The van der Waals surface area contributed by atoms with Crippen LogP contribution in [0.15, 0.2) is 144 Å². The quantitative estimate of drug-likeness (QED) is 0.0640. The number of aryl methyl sites for hydroxylation is 4. The predicted molar refractivity (Wildman–Crippen MR) is 317 cm³/mol. The van der Waals surface area contributed by atoms with Crippen LogP contribution in [-0.4, -0.2) is 81.6 Å². The monoisotopic (exact) mass is 1170 g/mol. The molecule has 0 saturated heterocycles. The molecular weight excluding hydrogens is 1100 g/mol. The summed E-state index contributed by atoms with van der Waals surface area (Å²) < 4.78 is 120. The summed E-state index contributed by atoms with van der Waals surface area (Å²) in [5, 5.41) is 21.7. The molecule has 0 radical (unpaired) electrons. The van der Waals surface area contributed by atoms with Crippen LogP contribution in [-0.2, 0) is 56.5 Å². The molecule has 10 rings (SSSR count). The number of rotatable bonds is 15. The molecule has 19 nitrogen and oxygen atoms in total. The Kier molecular flexibility index (Phi) is 16.7. The molecule has 2 heterocycles. The number of primary sulfonamides is 1. The van der Waals surface area contributed by atoms with E-state index in [-0.39, 0.29) is 39.4 Å². The summed E-state index contributed by atoms with van der Waals surface area (Å²) in [5.41, 5.74) is 6.46. The third-order valence-electron chi connectivity index (χ3n) is 14.2. The van der Waals surface area contributed by atoms with E-state index in [1.165, 1.54) is 74.9 Å². The van der Waals surface area contributed by atoms with Gasteiger partial charge in [-0.1, -0.05) is 48.5 Å². The number of fused-ring (bicyclic) bond motifs is 2. The minimum Gasteiger partial charge on any atom is -0.496 e. The lowest BCUT2D eigenvalue weighted by Gasteiger charge is -2.13. The summed E-state index contributed by atoms with van der Waals surface area (Å²) in [6.45, 7) is -5.15. The van der Waals surface area contributed by atoms with Gasteiger partial charge in [-0.2, -0.15) is 0 Å². The van der Waals surface area contributed by atoms with Crippen molar-refractivity contribution in [2.45, 2.75) is 99.9 Å². The minimum atomic E-state index is -4.48. The third-order valence-corrected chi connectivity index (χ3v) is 16.6. The highest BCUT2D eigenvalue weighted by molar-refractivity contribution is 7.90. The average molecular weight is 1180 g/mol. The number of carbonyl (C=O) groups excluding carboxylic acids is 3. The van der Waals surface area contributed by atoms with E-state index in [9.17, 15) is 41.1 Å². The maximum atomic E-state index is 13.0. The molecule has 2 fully saturated rings. The molecule has 436 valence electrons. The van der Waals surface area contributed by atoms with Gasteiger partial charge in [-0.05, 0) is 171 Å². The second kappa shape index (κ2) is 26.5. The van der Waals surface area contributed by atoms with Gasteiger partial charge in [0, 0.05) is 86.3 Å². The molecule has 6 aromatic carbocycles. The van der Waals surface area contributed by atoms with Crippen molar-refractivity contribution in [2.24, 2.45) is 19.2 Å². The van der Waals surface area contributed by atoms with Crippen LogP contribution in [0.1, 0.15) is 114 Å². The molecule has 0 aliphatic heterocycles. The molecule has 3 amide bonds. The van der Waals surface area contributed by atoms with Gasteiger partial charge < -0.3 is 33.2 Å². The Bertz CT molecular complexity index is 4180. The van der Waals surface area contributed by atoms with Gasteiger partial charge in [0.2, 0.25) is 10.0 Å². The Balaban J connectivity index is 0.000000196. The Morgan fingerprint density at radius 1 is 0.590 bits per heavy atom. The highest BCUT2D eigenvalue weighted by atomic mass is 32.2. The molecular formula is C62H68N6O13S2. The summed E-state index contributed by atoms with van der Waals surface area (Å²) in [7, 11) is -1.59. The van der Waals surface area contributed by atoms with Crippen molar-refractivity contribution < 1.29 is 68.3 Å². The maximum absolute atomic E-state index is 13.0. The van der Waals surface area contributed by atoms with Crippen molar-refractivity contribution in [1.82, 2.24) is 13.9 Å². The average Bonchev–Trinajstić information content (AvgIpc) is 2.05. The molecule has 2 aromatic heterocycles. The van der Waals surface area contributed by atoms with Crippen LogP contribution in [0.4, 0.5) is 21.0 Å². The van der Waals surface area contributed by atoms with Gasteiger partial charge in [0.1, 0.15) is 23.7 Å². The van der Waals surface area contributed by atoms with Gasteiger partial charge in [0.15, 0.2) is 0 Å². The molecule has 0 atom stereocenters. The molecule has 6 N–H and O–H groups in total. The summed E-state index contributed by atoms with van der Waals surface area (Å²) in [5.74, 6) is -1.02. The smallest absolute Gasteiger partial charge is 0.411 e. The topological polar surface area (TPSA) is 266 Å². The number of carboxylic acid groups (broad SMARTS) is 1. The van der Waals surface area contributed by atoms with Crippen LogP contribution >= 0.6 is 0 Å². The van der Waals surface area contributed by atoms with Crippen molar-refractivity contribution in [3.05, 3.63) is 178 Å². The number of benzene rings is 6. The Hall–Kier alpha value is -8.66. The van der Waals surface area contributed by atoms with E-state index in [4.69, 9.17) is 32.3 Å². The lowest BCUT2D eigenvalue weighted by Crippen LogP contribution is -2.31. The van der Waals surface area contributed by atoms with Crippen LogP contribution in [0.2, 0.25) is 0 Å². The number of carbonyl (C=O) groups is 4. The SMILES string of the molecule is COc1cc(C(=O)O)ccc1Cc1cn(C)c2ccc(NC(=O)OC3CCCC3)cc12.[2H]C([2H])([2H])c1ccccc1S(=O)(=O)NC(=O)c1ccc(Cc2cn(C)c3ccc(NC(=O)OC4CCCC4)cc23)c(OC)c1.[2H]C([2H])([2H])c1ccccc1S(N)(=O)=O. The molecule has 21 heteroatoms. The zero-order valence-corrected chi connectivity index (χ0v) is 47.7. The van der Waals surface area contributed by atoms with E-state index in [0.29, 0.717) is 35.7 Å². The van der Waals surface area contributed by atoms with Crippen LogP contribution in [0.25, 0.3) is 21.8 Å². The van der Waals surface area contributed by atoms with Gasteiger partial charge >= 0.3 is 18.2 Å². The number of aromatic carboxylic acids is 1. The number of amides is 3. The maximum Gasteiger partial charge on any atom is 0.411 e. The van der Waals surface area contributed by atoms with E-state index in [2.05, 4.69) is 10.6 Å². The molecule has 2 saturated carbocycles. The number of nitrogens with zero attached hydrogens (tertiary/aromatic N) is 2. The van der Waals surface area contributed by atoms with Crippen molar-refractivity contribution in [2.75, 3.05) is 24.9 Å². The fourth-order valence-electron chi connectivity index (χ4n) is 10.1. The molecule has 83 heavy (non-hydrogen) atoms. The largest absolute Gasteiger partial charge is 0.496 e. The summed E-state index contributed by atoms with van der Waals surface area (Å²) in [6.07, 6.45) is 12.0.